The summed E-state index contributed by atoms with van der Waals surface area (Å²) >= 11 is 0. The minimum absolute atomic E-state index is 0.00558. The fourth-order valence-corrected chi connectivity index (χ4v) is 1.58. The lowest BCUT2D eigenvalue weighted by Gasteiger charge is -2.09. The number of hydrogen-bond donors (Lipinski definition) is 1. The molecule has 0 aliphatic heterocycles. The molecule has 0 aliphatic rings. The average molecular weight is 280 g/mol. The third-order valence-corrected chi connectivity index (χ3v) is 2.45. The molecule has 1 rings (SSSR count). The number of nitrogens with zero attached hydrogens (tertiary/aromatic N) is 1. The van der Waals surface area contributed by atoms with E-state index in [4.69, 9.17) is 9.47 Å². The molecule has 0 amide bonds. The highest BCUT2D eigenvalue weighted by Crippen LogP contribution is 2.25. The smallest absolute Gasteiger partial charge is 0.275 e. The molecular weight excluding hydrogens is 260 g/mol. The van der Waals surface area contributed by atoms with Crippen LogP contribution in [0.4, 0.5) is 11.4 Å². The number of ether oxygens (including phenoxy) is 2. The van der Waals surface area contributed by atoms with E-state index in [0.717, 1.165) is 6.42 Å². The number of nitro benzene ring substituents is 1. The summed E-state index contributed by atoms with van der Waals surface area (Å²) < 4.78 is 10.7. The predicted molar refractivity (Wildman–Crippen MR) is 78.4 cm³/mol. The Morgan fingerprint density at radius 1 is 1.40 bits per heavy atom. The molecule has 6 heteroatoms. The SMILES string of the molecule is C=CCCOCCNc1cc(OCC)cc([N+](=O)[O-])c1. The van der Waals surface area contributed by atoms with Gasteiger partial charge in [0.15, 0.2) is 0 Å². The van der Waals surface area contributed by atoms with Crippen molar-refractivity contribution in [3.8, 4) is 5.75 Å². The number of nitro groups is 1. The molecule has 6 nitrogen and oxygen atoms in total. The van der Waals surface area contributed by atoms with E-state index in [1.165, 1.54) is 12.1 Å². The third-order valence-electron chi connectivity index (χ3n) is 2.45. The fraction of sp³-hybridized carbons (Fsp3) is 0.429. The number of rotatable bonds is 10. The van der Waals surface area contributed by atoms with Gasteiger partial charge in [-0.15, -0.1) is 6.58 Å². The molecule has 0 aliphatic carbocycles. The van der Waals surface area contributed by atoms with Crippen molar-refractivity contribution in [3.63, 3.8) is 0 Å². The molecule has 1 aromatic rings. The van der Waals surface area contributed by atoms with Crippen LogP contribution in [0.2, 0.25) is 0 Å². The van der Waals surface area contributed by atoms with Crippen molar-refractivity contribution < 1.29 is 14.4 Å². The van der Waals surface area contributed by atoms with E-state index in [-0.39, 0.29) is 5.69 Å². The van der Waals surface area contributed by atoms with E-state index < -0.39 is 4.92 Å². The van der Waals surface area contributed by atoms with Gasteiger partial charge in [0.05, 0.1) is 30.8 Å². The molecule has 0 bridgehead atoms. The molecular formula is C14H20N2O4. The highest BCUT2D eigenvalue weighted by atomic mass is 16.6. The maximum atomic E-state index is 10.8. The van der Waals surface area contributed by atoms with Crippen LogP contribution in [0.25, 0.3) is 0 Å². The van der Waals surface area contributed by atoms with Gasteiger partial charge in [-0.1, -0.05) is 6.08 Å². The minimum atomic E-state index is -0.436. The fourth-order valence-electron chi connectivity index (χ4n) is 1.58. The van der Waals surface area contributed by atoms with Crippen molar-refractivity contribution in [2.75, 3.05) is 31.7 Å². The normalized spacial score (nSPS) is 10.1. The number of anilines is 1. The summed E-state index contributed by atoms with van der Waals surface area (Å²) in [6, 6.07) is 4.63. The quantitative estimate of drug-likeness (QED) is 0.309. The zero-order valence-electron chi connectivity index (χ0n) is 11.6. The largest absolute Gasteiger partial charge is 0.494 e. The van der Waals surface area contributed by atoms with Crippen LogP contribution in [0.1, 0.15) is 13.3 Å². The van der Waals surface area contributed by atoms with Crippen LogP contribution in [0, 0.1) is 10.1 Å². The number of nitrogens with one attached hydrogen (secondary N) is 1. The molecule has 110 valence electrons. The molecule has 0 spiro atoms. The first-order valence-corrected chi connectivity index (χ1v) is 6.52. The standard InChI is InChI=1S/C14H20N2O4/c1-3-5-7-19-8-6-15-12-9-13(16(17)18)11-14(10-12)20-4-2/h3,9-11,15H,1,4-8H2,2H3. The van der Waals surface area contributed by atoms with E-state index in [9.17, 15) is 10.1 Å². The minimum Gasteiger partial charge on any atom is -0.494 e. The van der Waals surface area contributed by atoms with Gasteiger partial charge in [-0.3, -0.25) is 10.1 Å². The maximum absolute atomic E-state index is 10.8. The molecule has 0 aromatic heterocycles. The van der Waals surface area contributed by atoms with Gasteiger partial charge in [-0.25, -0.2) is 0 Å². The molecule has 0 saturated heterocycles. The summed E-state index contributed by atoms with van der Waals surface area (Å²) in [5.41, 5.74) is 0.654. The monoisotopic (exact) mass is 280 g/mol. The van der Waals surface area contributed by atoms with E-state index in [2.05, 4.69) is 11.9 Å². The summed E-state index contributed by atoms with van der Waals surface area (Å²) in [5.74, 6) is 0.483. The van der Waals surface area contributed by atoms with Crippen LogP contribution in [-0.2, 0) is 4.74 Å². The molecule has 20 heavy (non-hydrogen) atoms. The molecule has 0 radical (unpaired) electrons. The van der Waals surface area contributed by atoms with Crippen molar-refractivity contribution in [1.82, 2.24) is 0 Å². The summed E-state index contributed by atoms with van der Waals surface area (Å²) in [7, 11) is 0. The van der Waals surface area contributed by atoms with Crippen molar-refractivity contribution in [2.45, 2.75) is 13.3 Å². The average Bonchev–Trinajstić information content (AvgIpc) is 2.43. The molecule has 0 heterocycles. The first-order chi connectivity index (χ1) is 9.67. The Hall–Kier alpha value is -2.08. The zero-order chi connectivity index (χ0) is 14.8. The van der Waals surface area contributed by atoms with Crippen LogP contribution in [0.5, 0.6) is 5.75 Å². The van der Waals surface area contributed by atoms with E-state index in [1.807, 2.05) is 6.92 Å². The summed E-state index contributed by atoms with van der Waals surface area (Å²) in [4.78, 5) is 10.4. The molecule has 1 aromatic carbocycles. The number of hydrogen-bond acceptors (Lipinski definition) is 5. The van der Waals surface area contributed by atoms with Gasteiger partial charge in [0.1, 0.15) is 5.75 Å². The van der Waals surface area contributed by atoms with E-state index in [0.29, 0.717) is 37.8 Å². The van der Waals surface area contributed by atoms with E-state index in [1.54, 1.807) is 12.1 Å². The lowest BCUT2D eigenvalue weighted by molar-refractivity contribution is -0.384. The zero-order valence-corrected chi connectivity index (χ0v) is 11.6. The number of non-ortho nitro benzene ring substituents is 1. The van der Waals surface area contributed by atoms with Crippen LogP contribution < -0.4 is 10.1 Å². The molecule has 0 saturated carbocycles. The van der Waals surface area contributed by atoms with Gasteiger partial charge in [0, 0.05) is 24.4 Å². The van der Waals surface area contributed by atoms with Crippen molar-refractivity contribution in [3.05, 3.63) is 41.0 Å². The maximum Gasteiger partial charge on any atom is 0.275 e. The van der Waals surface area contributed by atoms with Crippen molar-refractivity contribution in [2.24, 2.45) is 0 Å². The second-order valence-electron chi connectivity index (χ2n) is 4.02. The Labute approximate surface area is 118 Å². The molecule has 0 fully saturated rings. The highest BCUT2D eigenvalue weighted by Gasteiger charge is 2.10. The Balaban J connectivity index is 2.55. The third kappa shape index (κ3) is 5.71. The predicted octanol–water partition coefficient (Wildman–Crippen LogP) is 3.00. The first-order valence-electron chi connectivity index (χ1n) is 6.52. The Morgan fingerprint density at radius 3 is 2.85 bits per heavy atom. The Morgan fingerprint density at radius 2 is 2.20 bits per heavy atom. The molecule has 0 atom stereocenters. The van der Waals surface area contributed by atoms with Crippen LogP contribution in [0.3, 0.4) is 0 Å². The van der Waals surface area contributed by atoms with Gasteiger partial charge in [-0.05, 0) is 13.3 Å². The Kier molecular flexibility index (Phi) is 7.13. The van der Waals surface area contributed by atoms with Gasteiger partial charge < -0.3 is 14.8 Å². The summed E-state index contributed by atoms with van der Waals surface area (Å²) in [5, 5.41) is 13.9. The second-order valence-corrected chi connectivity index (χ2v) is 4.02. The van der Waals surface area contributed by atoms with Crippen molar-refractivity contribution in [1.29, 1.82) is 0 Å². The Bertz CT molecular complexity index is 449. The first kappa shape index (κ1) is 16.0. The van der Waals surface area contributed by atoms with Crippen molar-refractivity contribution >= 4 is 11.4 Å². The summed E-state index contributed by atoms with van der Waals surface area (Å²) in [6.07, 6.45) is 2.60. The lowest BCUT2D eigenvalue weighted by Crippen LogP contribution is -2.10. The molecule has 0 unspecified atom stereocenters. The van der Waals surface area contributed by atoms with Crippen LogP contribution in [-0.4, -0.2) is 31.3 Å². The van der Waals surface area contributed by atoms with Gasteiger partial charge >= 0.3 is 0 Å². The van der Waals surface area contributed by atoms with Gasteiger partial charge in [-0.2, -0.15) is 0 Å². The van der Waals surface area contributed by atoms with Crippen LogP contribution >= 0.6 is 0 Å². The second kappa shape index (κ2) is 8.92. The summed E-state index contributed by atoms with van der Waals surface area (Å²) in [6.45, 7) is 7.63. The number of benzene rings is 1. The highest BCUT2D eigenvalue weighted by molar-refractivity contribution is 5.56. The lowest BCUT2D eigenvalue weighted by atomic mass is 10.2. The van der Waals surface area contributed by atoms with Gasteiger partial charge in [0.25, 0.3) is 5.69 Å². The van der Waals surface area contributed by atoms with Crippen LogP contribution in [0.15, 0.2) is 30.9 Å². The topological polar surface area (TPSA) is 73.6 Å². The molecule has 1 N–H and O–H groups in total. The van der Waals surface area contributed by atoms with Gasteiger partial charge in [0.2, 0.25) is 0 Å². The van der Waals surface area contributed by atoms with E-state index >= 15 is 0 Å².